The molecule has 0 aliphatic carbocycles. The number of piperazine rings is 1. The molecule has 1 aromatic heterocycles. The summed E-state index contributed by atoms with van der Waals surface area (Å²) in [6.07, 6.45) is 2.21. The van der Waals surface area contributed by atoms with E-state index in [1.165, 1.54) is 5.56 Å². The molecule has 2 aliphatic heterocycles. The smallest absolute Gasteiger partial charge is 0.226 e. The minimum absolute atomic E-state index is 0.0179. The fourth-order valence-electron chi connectivity index (χ4n) is 5.41. The van der Waals surface area contributed by atoms with Crippen LogP contribution in [0, 0.1) is 0 Å². The minimum atomic E-state index is 0.0179. The Morgan fingerprint density at radius 3 is 2.36 bits per heavy atom. The van der Waals surface area contributed by atoms with Crippen LogP contribution in [-0.2, 0) is 17.8 Å². The molecule has 2 aliphatic rings. The minimum Gasteiger partial charge on any atom is -0.353 e. The van der Waals surface area contributed by atoms with Gasteiger partial charge in [-0.3, -0.25) is 9.69 Å². The molecule has 0 saturated carbocycles. The highest BCUT2D eigenvalue weighted by molar-refractivity contribution is 7.13. The quantitative estimate of drug-likeness (QED) is 0.678. The van der Waals surface area contributed by atoms with Gasteiger partial charge in [-0.1, -0.05) is 24.3 Å². The van der Waals surface area contributed by atoms with Crippen molar-refractivity contribution in [2.45, 2.75) is 70.6 Å². The molecule has 6 nitrogen and oxygen atoms in total. The molecule has 0 atom stereocenters. The van der Waals surface area contributed by atoms with Crippen molar-refractivity contribution in [3.05, 3.63) is 40.9 Å². The Hall–Kier alpha value is -1.80. The van der Waals surface area contributed by atoms with Crippen molar-refractivity contribution in [2.24, 2.45) is 0 Å². The van der Waals surface area contributed by atoms with Crippen molar-refractivity contribution in [3.63, 3.8) is 0 Å². The molecular weight excluding hydrogens is 430 g/mol. The maximum absolute atomic E-state index is 12.7. The molecule has 0 radical (unpaired) electrons. The van der Waals surface area contributed by atoms with Crippen molar-refractivity contribution in [2.75, 3.05) is 33.2 Å². The number of hydrogen-bond donors (Lipinski definition) is 2. The second-order valence-electron chi connectivity index (χ2n) is 11.2. The number of likely N-dealkylation sites (N-methyl/N-ethyl adjacent to an activating group) is 1. The molecule has 0 bridgehead atoms. The van der Waals surface area contributed by atoms with E-state index in [9.17, 15) is 4.79 Å². The van der Waals surface area contributed by atoms with Crippen LogP contribution in [0.25, 0.3) is 10.6 Å². The zero-order valence-corrected chi connectivity index (χ0v) is 21.6. The lowest BCUT2D eigenvalue weighted by atomic mass is 9.79. The van der Waals surface area contributed by atoms with Crippen LogP contribution in [0.3, 0.4) is 0 Å². The molecule has 33 heavy (non-hydrogen) atoms. The predicted molar refractivity (Wildman–Crippen MR) is 136 cm³/mol. The maximum atomic E-state index is 12.7. The first-order valence-electron chi connectivity index (χ1n) is 12.1. The number of thiazole rings is 1. The van der Waals surface area contributed by atoms with Gasteiger partial charge in [-0.2, -0.15) is 0 Å². The summed E-state index contributed by atoms with van der Waals surface area (Å²) < 4.78 is 0. The molecule has 2 N–H and O–H groups in total. The van der Waals surface area contributed by atoms with Crippen molar-refractivity contribution >= 4 is 17.2 Å². The number of piperidine rings is 1. The lowest BCUT2D eigenvalue weighted by Crippen LogP contribution is -2.62. The molecule has 1 aromatic carbocycles. The highest BCUT2D eigenvalue weighted by Gasteiger charge is 2.38. The van der Waals surface area contributed by atoms with E-state index in [0.717, 1.165) is 61.8 Å². The highest BCUT2D eigenvalue weighted by atomic mass is 32.1. The average molecular weight is 470 g/mol. The SMILES string of the molecule is CN1CCN(Cc2ccc(-c3nc(CC(=O)NC4CC(C)(C)NC(C)(C)C4)cs3)cc2)CC1. The van der Waals surface area contributed by atoms with Gasteiger partial charge in [-0.05, 0) is 53.1 Å². The standard InChI is InChI=1S/C26H39N5OS/c1-25(2)15-22(16-26(3,4)29-25)27-23(32)14-21-18-33-24(28-21)20-8-6-19(7-9-20)17-31-12-10-30(5)11-13-31/h6-9,18,22,29H,10-17H2,1-5H3,(H,27,32). The maximum Gasteiger partial charge on any atom is 0.226 e. The number of aromatic nitrogens is 1. The summed E-state index contributed by atoms with van der Waals surface area (Å²) in [6.45, 7) is 14.4. The molecule has 0 spiro atoms. The molecule has 180 valence electrons. The van der Waals surface area contributed by atoms with E-state index in [-0.39, 0.29) is 23.0 Å². The molecule has 2 saturated heterocycles. The first-order valence-corrected chi connectivity index (χ1v) is 13.0. The van der Waals surface area contributed by atoms with Crippen molar-refractivity contribution < 1.29 is 4.79 Å². The van der Waals surface area contributed by atoms with E-state index in [4.69, 9.17) is 4.98 Å². The number of hydrogen-bond acceptors (Lipinski definition) is 6. The third-order valence-electron chi connectivity index (χ3n) is 6.65. The van der Waals surface area contributed by atoms with E-state index in [2.05, 4.69) is 79.4 Å². The van der Waals surface area contributed by atoms with Gasteiger partial charge < -0.3 is 15.5 Å². The molecule has 0 unspecified atom stereocenters. The molecule has 4 rings (SSSR count). The van der Waals surface area contributed by atoms with E-state index < -0.39 is 0 Å². The van der Waals surface area contributed by atoms with Crippen LogP contribution in [0.1, 0.15) is 51.8 Å². The van der Waals surface area contributed by atoms with Gasteiger partial charge in [0.2, 0.25) is 5.91 Å². The van der Waals surface area contributed by atoms with Gasteiger partial charge in [0.15, 0.2) is 0 Å². The fourth-order valence-corrected chi connectivity index (χ4v) is 6.23. The van der Waals surface area contributed by atoms with Crippen molar-refractivity contribution in [3.8, 4) is 10.6 Å². The van der Waals surface area contributed by atoms with Gasteiger partial charge in [-0.15, -0.1) is 11.3 Å². The number of carbonyl (C=O) groups excluding carboxylic acids is 1. The fraction of sp³-hybridized carbons (Fsp3) is 0.615. The Labute approximate surface area is 202 Å². The highest BCUT2D eigenvalue weighted by Crippen LogP contribution is 2.29. The summed E-state index contributed by atoms with van der Waals surface area (Å²) in [7, 11) is 2.19. The zero-order valence-electron chi connectivity index (χ0n) is 20.8. The van der Waals surface area contributed by atoms with Crippen LogP contribution in [0.15, 0.2) is 29.6 Å². The van der Waals surface area contributed by atoms with Gasteiger partial charge in [0, 0.05) is 60.8 Å². The normalized spacial score (nSPS) is 21.7. The molecule has 7 heteroatoms. The van der Waals surface area contributed by atoms with Gasteiger partial charge >= 0.3 is 0 Å². The van der Waals surface area contributed by atoms with Crippen molar-refractivity contribution in [1.82, 2.24) is 25.4 Å². The number of nitrogens with zero attached hydrogens (tertiary/aromatic N) is 3. The second kappa shape index (κ2) is 9.82. The van der Waals surface area contributed by atoms with E-state index in [1.807, 2.05) is 5.38 Å². The lowest BCUT2D eigenvalue weighted by molar-refractivity contribution is -0.121. The van der Waals surface area contributed by atoms with Crippen LogP contribution in [0.4, 0.5) is 0 Å². The van der Waals surface area contributed by atoms with Crippen LogP contribution in [0.2, 0.25) is 0 Å². The molecule has 1 amide bonds. The van der Waals surface area contributed by atoms with Crippen LogP contribution in [0.5, 0.6) is 0 Å². The van der Waals surface area contributed by atoms with Crippen LogP contribution in [-0.4, -0.2) is 71.0 Å². The average Bonchev–Trinajstić information content (AvgIpc) is 3.16. The summed E-state index contributed by atoms with van der Waals surface area (Å²) in [5.41, 5.74) is 3.35. The number of carbonyl (C=O) groups is 1. The summed E-state index contributed by atoms with van der Waals surface area (Å²) in [6, 6.07) is 8.93. The molecular formula is C26H39N5OS. The largest absolute Gasteiger partial charge is 0.353 e. The Bertz CT molecular complexity index is 928. The lowest BCUT2D eigenvalue weighted by Gasteiger charge is -2.46. The third-order valence-corrected chi connectivity index (χ3v) is 7.59. The molecule has 2 aromatic rings. The first kappa shape index (κ1) is 24.3. The zero-order chi connectivity index (χ0) is 23.6. The molecule has 2 fully saturated rings. The van der Waals surface area contributed by atoms with E-state index in [0.29, 0.717) is 6.42 Å². The summed E-state index contributed by atoms with van der Waals surface area (Å²) in [5, 5.41) is 9.92. The molecule has 3 heterocycles. The predicted octanol–water partition coefficient (Wildman–Crippen LogP) is 3.53. The number of rotatable bonds is 6. The summed E-state index contributed by atoms with van der Waals surface area (Å²) >= 11 is 1.61. The summed E-state index contributed by atoms with van der Waals surface area (Å²) in [4.78, 5) is 22.4. The van der Waals surface area contributed by atoms with E-state index >= 15 is 0 Å². The monoisotopic (exact) mass is 469 g/mol. The van der Waals surface area contributed by atoms with Crippen LogP contribution >= 0.6 is 11.3 Å². The van der Waals surface area contributed by atoms with Gasteiger partial charge in [0.25, 0.3) is 0 Å². The summed E-state index contributed by atoms with van der Waals surface area (Å²) in [5.74, 6) is 0.0628. The van der Waals surface area contributed by atoms with Crippen molar-refractivity contribution in [1.29, 1.82) is 0 Å². The van der Waals surface area contributed by atoms with Gasteiger partial charge in [0.1, 0.15) is 5.01 Å². The topological polar surface area (TPSA) is 60.5 Å². The van der Waals surface area contributed by atoms with Gasteiger partial charge in [0.05, 0.1) is 12.1 Å². The van der Waals surface area contributed by atoms with E-state index in [1.54, 1.807) is 11.3 Å². The van der Waals surface area contributed by atoms with Gasteiger partial charge in [-0.25, -0.2) is 4.98 Å². The second-order valence-corrected chi connectivity index (χ2v) is 12.0. The number of benzene rings is 1. The number of nitrogens with one attached hydrogen (secondary N) is 2. The Morgan fingerprint density at radius 1 is 1.09 bits per heavy atom. The Kier molecular flexibility index (Phi) is 7.24. The Balaban J connectivity index is 1.31. The first-order chi connectivity index (χ1) is 15.6. The third kappa shape index (κ3) is 6.85. The van der Waals surface area contributed by atoms with Crippen LogP contribution < -0.4 is 10.6 Å². The number of amides is 1. The Morgan fingerprint density at radius 2 is 1.73 bits per heavy atom.